The molecule has 16 nitrogen and oxygen atoms in total. The van der Waals surface area contributed by atoms with Gasteiger partial charge >= 0.3 is 0 Å². The van der Waals surface area contributed by atoms with Crippen LogP contribution in [0.5, 0.6) is 5.75 Å². The average molecular weight is 852 g/mol. The van der Waals surface area contributed by atoms with E-state index in [1.807, 2.05) is 17.0 Å². The van der Waals surface area contributed by atoms with Crippen LogP contribution in [0.25, 0.3) is 5.57 Å². The van der Waals surface area contributed by atoms with Crippen LogP contribution in [0.2, 0.25) is 0 Å². The number of hydrogen-bond acceptors (Lipinski definition) is 14. The summed E-state index contributed by atoms with van der Waals surface area (Å²) < 4.78 is 26.4. The van der Waals surface area contributed by atoms with Crippen molar-refractivity contribution in [3.05, 3.63) is 87.5 Å². The largest absolute Gasteiger partial charge is 0.494 e. The lowest BCUT2D eigenvalue weighted by molar-refractivity contribution is -0.149. The number of nitrogens with zero attached hydrogens (tertiary/aromatic N) is 6. The van der Waals surface area contributed by atoms with E-state index in [1.165, 1.54) is 31.1 Å². The van der Waals surface area contributed by atoms with Crippen molar-refractivity contribution in [2.24, 2.45) is 0 Å². The van der Waals surface area contributed by atoms with E-state index in [0.29, 0.717) is 73.0 Å². The molecule has 3 aliphatic heterocycles. The molecule has 18 heteroatoms. The van der Waals surface area contributed by atoms with Crippen molar-refractivity contribution in [1.82, 2.24) is 24.7 Å². The quantitative estimate of drug-likeness (QED) is 0.105. The summed E-state index contributed by atoms with van der Waals surface area (Å²) in [5.41, 5.74) is 3.21. The minimum Gasteiger partial charge on any atom is -0.494 e. The molecule has 61 heavy (non-hydrogen) atoms. The average Bonchev–Trinajstić information content (AvgIpc) is 4.04. The lowest BCUT2D eigenvalue weighted by atomic mass is 10.0. The third-order valence-electron chi connectivity index (χ3n) is 11.3. The van der Waals surface area contributed by atoms with Crippen LogP contribution in [-0.4, -0.2) is 127 Å². The van der Waals surface area contributed by atoms with Crippen molar-refractivity contribution in [2.75, 3.05) is 87.5 Å². The van der Waals surface area contributed by atoms with Crippen molar-refractivity contribution < 1.29 is 37.8 Å². The van der Waals surface area contributed by atoms with Crippen LogP contribution in [0.4, 0.5) is 33.2 Å². The maximum atomic E-state index is 15.0. The van der Waals surface area contributed by atoms with Crippen LogP contribution in [0.15, 0.2) is 60.8 Å². The number of thiophene rings is 1. The van der Waals surface area contributed by atoms with E-state index in [-0.39, 0.29) is 41.6 Å². The van der Waals surface area contributed by atoms with Crippen LogP contribution < -0.4 is 25.6 Å². The second-order valence-electron chi connectivity index (χ2n) is 15.1. The zero-order chi connectivity index (χ0) is 42.6. The predicted molar refractivity (Wildman–Crippen MR) is 228 cm³/mol. The highest BCUT2D eigenvalue weighted by molar-refractivity contribution is 7.15. The van der Waals surface area contributed by atoms with Gasteiger partial charge in [-0.2, -0.15) is 4.98 Å². The Morgan fingerprint density at radius 2 is 1.82 bits per heavy atom. The molecule has 1 unspecified atom stereocenters. The number of carbonyl (C=O) groups excluding carboxylic acids is 5. The van der Waals surface area contributed by atoms with Gasteiger partial charge in [0.15, 0.2) is 11.6 Å². The van der Waals surface area contributed by atoms with E-state index in [0.717, 1.165) is 53.2 Å². The highest BCUT2D eigenvalue weighted by Gasteiger charge is 2.47. The summed E-state index contributed by atoms with van der Waals surface area (Å²) in [5, 5.41) is 9.16. The van der Waals surface area contributed by atoms with Gasteiger partial charge in [0.1, 0.15) is 11.8 Å². The number of piperidine rings is 1. The number of carbonyl (C=O) groups is 5. The molecule has 2 saturated heterocycles. The van der Waals surface area contributed by atoms with Crippen LogP contribution in [-0.2, 0) is 14.3 Å². The summed E-state index contributed by atoms with van der Waals surface area (Å²) in [6.45, 7) is 4.57. The molecule has 5 amide bonds. The lowest BCUT2D eigenvalue weighted by Crippen LogP contribution is -2.54. The number of nitrogens with one attached hydrogen (secondary N) is 3. The topological polar surface area (TPSA) is 179 Å². The fraction of sp³-hybridized carbons (Fsp3) is 0.372. The third kappa shape index (κ3) is 8.82. The van der Waals surface area contributed by atoms with E-state index >= 15 is 0 Å². The smallest absolute Gasteiger partial charge is 0.265 e. The number of anilines is 5. The zero-order valence-corrected chi connectivity index (χ0v) is 34.7. The molecular formula is C43H46FN9O7S. The number of amides is 5. The molecule has 318 valence electrons. The SMILES string of the molecule is COc1cc(Nc2nc(N3CCN(CCOCCNc4cccc5c4C(=O)N(C4CCC(=O)N(C)C4=O)C5=O)CC3)ncc2F)ccc1NC(=O)c1ccc(C2=CCCC2)s1. The Bertz CT molecular complexity index is 2400. The molecule has 2 fully saturated rings. The number of imide groups is 2. The van der Waals surface area contributed by atoms with E-state index in [1.54, 1.807) is 36.4 Å². The summed E-state index contributed by atoms with van der Waals surface area (Å²) in [6.07, 6.45) is 6.80. The number of ether oxygens (including phenoxy) is 2. The van der Waals surface area contributed by atoms with Gasteiger partial charge in [-0.05, 0) is 67.7 Å². The lowest BCUT2D eigenvalue weighted by Gasteiger charge is -2.34. The minimum atomic E-state index is -1.01. The van der Waals surface area contributed by atoms with Gasteiger partial charge in [-0.25, -0.2) is 9.37 Å². The molecule has 3 N–H and O–H groups in total. The fourth-order valence-electron chi connectivity index (χ4n) is 7.91. The van der Waals surface area contributed by atoms with Crippen LogP contribution in [0, 0.1) is 5.82 Å². The number of piperazine rings is 1. The van der Waals surface area contributed by atoms with Gasteiger partial charge in [0.05, 0.1) is 48.2 Å². The first-order valence-electron chi connectivity index (χ1n) is 20.3. The fourth-order valence-corrected chi connectivity index (χ4v) is 8.88. The molecule has 0 saturated carbocycles. The summed E-state index contributed by atoms with van der Waals surface area (Å²) in [7, 11) is 2.87. The van der Waals surface area contributed by atoms with Gasteiger partial charge < -0.3 is 30.3 Å². The monoisotopic (exact) mass is 851 g/mol. The van der Waals surface area contributed by atoms with Crippen molar-refractivity contribution in [3.8, 4) is 5.75 Å². The van der Waals surface area contributed by atoms with E-state index in [2.05, 4.69) is 36.9 Å². The molecule has 4 aliphatic rings. The summed E-state index contributed by atoms with van der Waals surface area (Å²) >= 11 is 1.47. The number of halogens is 1. The molecule has 0 radical (unpaired) electrons. The van der Waals surface area contributed by atoms with E-state index in [4.69, 9.17) is 9.47 Å². The Morgan fingerprint density at radius 1 is 0.984 bits per heavy atom. The Balaban J connectivity index is 0.781. The van der Waals surface area contributed by atoms with Gasteiger partial charge in [0, 0.05) is 75.1 Å². The van der Waals surface area contributed by atoms with Crippen molar-refractivity contribution in [3.63, 3.8) is 0 Å². The molecule has 1 atom stereocenters. The molecule has 8 rings (SSSR count). The minimum absolute atomic E-state index is 0.0132. The predicted octanol–water partition coefficient (Wildman–Crippen LogP) is 5.24. The third-order valence-corrected chi connectivity index (χ3v) is 12.4. The van der Waals surface area contributed by atoms with Gasteiger partial charge in [0.2, 0.25) is 11.9 Å². The number of likely N-dealkylation sites (tertiary alicyclic amines) is 1. The highest BCUT2D eigenvalue weighted by atomic mass is 32.1. The maximum Gasteiger partial charge on any atom is 0.265 e. The Morgan fingerprint density at radius 3 is 2.61 bits per heavy atom. The Kier molecular flexibility index (Phi) is 12.4. The van der Waals surface area contributed by atoms with Gasteiger partial charge in [0.25, 0.3) is 23.6 Å². The number of allylic oxidation sites excluding steroid dienone is 2. The van der Waals surface area contributed by atoms with Crippen LogP contribution in [0.1, 0.15) is 67.4 Å². The second-order valence-corrected chi connectivity index (χ2v) is 16.2. The molecule has 2 aromatic heterocycles. The van der Waals surface area contributed by atoms with Crippen molar-refractivity contribution in [1.29, 1.82) is 0 Å². The molecule has 1 aliphatic carbocycles. The van der Waals surface area contributed by atoms with E-state index in [9.17, 15) is 28.4 Å². The highest BCUT2D eigenvalue weighted by Crippen LogP contribution is 2.36. The van der Waals surface area contributed by atoms with Crippen LogP contribution >= 0.6 is 11.3 Å². The number of hydrogen-bond donors (Lipinski definition) is 3. The second kappa shape index (κ2) is 18.2. The summed E-state index contributed by atoms with van der Waals surface area (Å²) in [6, 6.07) is 12.9. The number of benzene rings is 2. The van der Waals surface area contributed by atoms with Crippen molar-refractivity contribution in [2.45, 2.75) is 38.1 Å². The molecule has 5 heterocycles. The molecule has 0 bridgehead atoms. The van der Waals surface area contributed by atoms with Gasteiger partial charge in [-0.1, -0.05) is 12.1 Å². The molecule has 4 aromatic rings. The number of likely N-dealkylation sites (N-methyl/N-ethyl adjacent to an activating group) is 1. The standard InChI is InChI=1S/C43H46FN9O7S/c1-50-36(54)15-12-32(41(50)57)53-40(56)28-8-5-9-31(37(28)42(53)58)45-16-22-60-23-21-51-17-19-52(20-18-51)43-46-25-29(44)38(49-43)47-27-10-11-30(33(24-27)59-2)48-39(55)35-14-13-34(61-35)26-6-3-4-7-26/h5-6,8-11,13-14,24-25,32,45H,3-4,7,12,15-23H2,1-2H3,(H,48,55)(H,46,47,49). The van der Waals surface area contributed by atoms with Gasteiger partial charge in [-0.3, -0.25) is 38.7 Å². The number of rotatable bonds is 15. The zero-order valence-electron chi connectivity index (χ0n) is 33.9. The Labute approximate surface area is 355 Å². The van der Waals surface area contributed by atoms with Crippen molar-refractivity contribution >= 4 is 75.3 Å². The number of methoxy groups -OCH3 is 1. The number of fused-ring (bicyclic) bond motifs is 1. The number of aromatic nitrogens is 2. The van der Waals surface area contributed by atoms with Crippen LogP contribution in [0.3, 0.4) is 0 Å². The molecule has 0 spiro atoms. The molecule has 2 aromatic carbocycles. The first-order chi connectivity index (χ1) is 29.6. The summed E-state index contributed by atoms with van der Waals surface area (Å²) in [5.74, 6) is -2.03. The molecular weight excluding hydrogens is 806 g/mol. The summed E-state index contributed by atoms with van der Waals surface area (Å²) in [4.78, 5) is 81.2. The Hall–Kier alpha value is -6.24. The maximum absolute atomic E-state index is 15.0. The first kappa shape index (κ1) is 41.5. The normalized spacial score (nSPS) is 18.1. The van der Waals surface area contributed by atoms with E-state index < -0.39 is 29.6 Å². The van der Waals surface area contributed by atoms with Gasteiger partial charge in [-0.15, -0.1) is 11.3 Å². The first-order valence-corrected chi connectivity index (χ1v) is 21.1.